The Bertz CT molecular complexity index is 297. The van der Waals surface area contributed by atoms with Crippen molar-refractivity contribution in [2.45, 2.75) is 26.4 Å². The summed E-state index contributed by atoms with van der Waals surface area (Å²) in [4.78, 5) is 0. The molecule has 0 spiro atoms. The van der Waals surface area contributed by atoms with Gasteiger partial charge in [0.05, 0.1) is 0 Å². The van der Waals surface area contributed by atoms with Gasteiger partial charge in [-0.3, -0.25) is 0 Å². The van der Waals surface area contributed by atoms with E-state index in [1.165, 1.54) is 11.3 Å². The Kier molecular flexibility index (Phi) is 5.90. The van der Waals surface area contributed by atoms with Crippen LogP contribution < -0.4 is 16.0 Å². The number of rotatable bonds is 7. The molecule has 90 valence electrons. The number of hydrogen-bond acceptors (Lipinski definition) is 3. The van der Waals surface area contributed by atoms with Crippen LogP contribution in [0.3, 0.4) is 0 Å². The largest absolute Gasteiger partial charge is 0.388 e. The molecule has 0 heterocycles. The Hall–Kier alpha value is -1.06. The van der Waals surface area contributed by atoms with Crippen LogP contribution in [0.25, 0.3) is 0 Å². The second-order valence-corrected chi connectivity index (χ2v) is 4.19. The molecule has 0 atom stereocenters. The van der Waals surface area contributed by atoms with E-state index in [1.54, 1.807) is 0 Å². The molecule has 1 rings (SSSR count). The van der Waals surface area contributed by atoms with E-state index in [0.717, 1.165) is 19.6 Å². The Balaban J connectivity index is 2.26. The fraction of sp³-hybridized carbons (Fsp3) is 0.538. The van der Waals surface area contributed by atoms with Crippen molar-refractivity contribution in [2.75, 3.05) is 25.5 Å². The molecular weight excluding hydrogens is 198 g/mol. The lowest BCUT2D eigenvalue weighted by molar-refractivity contribution is 0.556. The topological polar surface area (TPSA) is 36.1 Å². The van der Waals surface area contributed by atoms with Crippen molar-refractivity contribution in [2.24, 2.45) is 0 Å². The summed E-state index contributed by atoms with van der Waals surface area (Å²) >= 11 is 0. The van der Waals surface area contributed by atoms with E-state index < -0.39 is 0 Å². The van der Waals surface area contributed by atoms with Crippen molar-refractivity contribution in [3.63, 3.8) is 0 Å². The standard InChI is InChI=1S/C13H23N3/c1-11(2)16-9-8-15-10-12-6-4-5-7-13(12)14-3/h4-7,11,14-16H,8-10H2,1-3H3. The molecule has 0 radical (unpaired) electrons. The molecule has 3 heteroatoms. The second kappa shape index (κ2) is 7.25. The Labute approximate surface area is 98.6 Å². The maximum Gasteiger partial charge on any atom is 0.0383 e. The molecule has 1 aromatic rings. The van der Waals surface area contributed by atoms with Gasteiger partial charge in [-0.05, 0) is 11.6 Å². The van der Waals surface area contributed by atoms with Crippen LogP contribution in [0, 0.1) is 0 Å². The van der Waals surface area contributed by atoms with Gasteiger partial charge in [0.2, 0.25) is 0 Å². The molecule has 0 aliphatic heterocycles. The maximum absolute atomic E-state index is 3.43. The average Bonchev–Trinajstić information content (AvgIpc) is 2.29. The van der Waals surface area contributed by atoms with E-state index in [0.29, 0.717) is 6.04 Å². The molecule has 0 bridgehead atoms. The van der Waals surface area contributed by atoms with Crippen LogP contribution in [0.1, 0.15) is 19.4 Å². The highest BCUT2D eigenvalue weighted by Gasteiger charge is 1.98. The summed E-state index contributed by atoms with van der Waals surface area (Å²) in [6.45, 7) is 7.25. The van der Waals surface area contributed by atoms with E-state index in [1.807, 2.05) is 7.05 Å². The highest BCUT2D eigenvalue weighted by atomic mass is 15.0. The summed E-state index contributed by atoms with van der Waals surface area (Å²) in [5.41, 5.74) is 2.52. The van der Waals surface area contributed by atoms with Crippen LogP contribution in [0.15, 0.2) is 24.3 Å². The summed E-state index contributed by atoms with van der Waals surface area (Å²) in [6.07, 6.45) is 0. The fourth-order valence-electron chi connectivity index (χ4n) is 1.59. The molecule has 0 aliphatic rings. The van der Waals surface area contributed by atoms with Crippen LogP contribution in [0.5, 0.6) is 0 Å². The molecule has 0 unspecified atom stereocenters. The van der Waals surface area contributed by atoms with Crippen LogP contribution in [0.4, 0.5) is 5.69 Å². The predicted octanol–water partition coefficient (Wildman–Crippen LogP) is 1.82. The summed E-state index contributed by atoms with van der Waals surface area (Å²) in [5, 5.41) is 10.0. The Morgan fingerprint density at radius 1 is 1.12 bits per heavy atom. The third kappa shape index (κ3) is 4.64. The first-order chi connectivity index (χ1) is 7.74. The van der Waals surface area contributed by atoms with E-state index in [4.69, 9.17) is 0 Å². The van der Waals surface area contributed by atoms with Gasteiger partial charge in [0, 0.05) is 38.4 Å². The molecule has 0 amide bonds. The molecule has 16 heavy (non-hydrogen) atoms. The first kappa shape index (κ1) is 13.0. The fourth-order valence-corrected chi connectivity index (χ4v) is 1.59. The maximum atomic E-state index is 3.43. The zero-order chi connectivity index (χ0) is 11.8. The van der Waals surface area contributed by atoms with E-state index in [2.05, 4.69) is 54.1 Å². The smallest absolute Gasteiger partial charge is 0.0383 e. The lowest BCUT2D eigenvalue weighted by Crippen LogP contribution is -2.31. The monoisotopic (exact) mass is 221 g/mol. The van der Waals surface area contributed by atoms with E-state index >= 15 is 0 Å². The van der Waals surface area contributed by atoms with E-state index in [9.17, 15) is 0 Å². The predicted molar refractivity (Wildman–Crippen MR) is 70.8 cm³/mol. The summed E-state index contributed by atoms with van der Waals surface area (Å²) in [6, 6.07) is 8.93. The van der Waals surface area contributed by atoms with Gasteiger partial charge in [0.25, 0.3) is 0 Å². The zero-order valence-electron chi connectivity index (χ0n) is 10.5. The van der Waals surface area contributed by atoms with Crippen LogP contribution in [-0.2, 0) is 6.54 Å². The molecule has 0 aromatic heterocycles. The Morgan fingerprint density at radius 3 is 2.56 bits per heavy atom. The molecule has 3 N–H and O–H groups in total. The first-order valence-electron chi connectivity index (χ1n) is 5.93. The zero-order valence-corrected chi connectivity index (χ0v) is 10.5. The summed E-state index contributed by atoms with van der Waals surface area (Å²) < 4.78 is 0. The van der Waals surface area contributed by atoms with Crippen molar-refractivity contribution >= 4 is 5.69 Å². The normalized spacial score (nSPS) is 10.8. The summed E-state index contributed by atoms with van der Waals surface area (Å²) in [7, 11) is 1.96. The average molecular weight is 221 g/mol. The third-order valence-electron chi connectivity index (χ3n) is 2.46. The van der Waals surface area contributed by atoms with Crippen LogP contribution in [0.2, 0.25) is 0 Å². The molecular formula is C13H23N3. The SMILES string of the molecule is CNc1ccccc1CNCCNC(C)C. The molecule has 1 aromatic carbocycles. The van der Waals surface area contributed by atoms with Crippen LogP contribution in [-0.4, -0.2) is 26.2 Å². The van der Waals surface area contributed by atoms with Crippen molar-refractivity contribution in [1.29, 1.82) is 0 Å². The van der Waals surface area contributed by atoms with Gasteiger partial charge in [-0.25, -0.2) is 0 Å². The highest BCUT2D eigenvalue weighted by Crippen LogP contribution is 2.13. The van der Waals surface area contributed by atoms with Crippen molar-refractivity contribution < 1.29 is 0 Å². The number of hydrogen-bond donors (Lipinski definition) is 3. The molecule has 0 saturated heterocycles. The lowest BCUT2D eigenvalue weighted by atomic mass is 10.2. The molecule has 0 aliphatic carbocycles. The van der Waals surface area contributed by atoms with Crippen molar-refractivity contribution in [3.05, 3.63) is 29.8 Å². The quantitative estimate of drug-likeness (QED) is 0.615. The van der Waals surface area contributed by atoms with Gasteiger partial charge in [0.15, 0.2) is 0 Å². The molecule has 0 saturated carbocycles. The van der Waals surface area contributed by atoms with Crippen LogP contribution >= 0.6 is 0 Å². The molecule has 3 nitrogen and oxygen atoms in total. The first-order valence-corrected chi connectivity index (χ1v) is 5.93. The third-order valence-corrected chi connectivity index (χ3v) is 2.46. The molecule has 0 fully saturated rings. The van der Waals surface area contributed by atoms with Crippen molar-refractivity contribution in [1.82, 2.24) is 10.6 Å². The van der Waals surface area contributed by atoms with Crippen molar-refractivity contribution in [3.8, 4) is 0 Å². The summed E-state index contributed by atoms with van der Waals surface area (Å²) in [5.74, 6) is 0. The minimum atomic E-state index is 0.561. The van der Waals surface area contributed by atoms with Gasteiger partial charge in [-0.1, -0.05) is 32.0 Å². The van der Waals surface area contributed by atoms with E-state index in [-0.39, 0.29) is 0 Å². The Morgan fingerprint density at radius 2 is 1.88 bits per heavy atom. The number of nitrogens with one attached hydrogen (secondary N) is 3. The highest BCUT2D eigenvalue weighted by molar-refractivity contribution is 5.50. The minimum Gasteiger partial charge on any atom is -0.388 e. The van der Waals surface area contributed by atoms with Gasteiger partial charge in [-0.2, -0.15) is 0 Å². The number of anilines is 1. The minimum absolute atomic E-state index is 0.561. The number of para-hydroxylation sites is 1. The van der Waals surface area contributed by atoms with Gasteiger partial charge >= 0.3 is 0 Å². The van der Waals surface area contributed by atoms with Gasteiger partial charge < -0.3 is 16.0 Å². The van der Waals surface area contributed by atoms with Gasteiger partial charge in [0.1, 0.15) is 0 Å². The lowest BCUT2D eigenvalue weighted by Gasteiger charge is -2.11. The number of benzene rings is 1. The van der Waals surface area contributed by atoms with Gasteiger partial charge in [-0.15, -0.1) is 0 Å². The second-order valence-electron chi connectivity index (χ2n) is 4.19.